The van der Waals surface area contributed by atoms with Crippen LogP contribution in [-0.2, 0) is 14.3 Å². The number of benzene rings is 2. The summed E-state index contributed by atoms with van der Waals surface area (Å²) in [6, 6.07) is 13.1. The van der Waals surface area contributed by atoms with Gasteiger partial charge in [-0.3, -0.25) is 9.69 Å². The molecule has 8 nitrogen and oxygen atoms in total. The summed E-state index contributed by atoms with van der Waals surface area (Å²) in [6.07, 6.45) is 0. The number of esters is 2. The van der Waals surface area contributed by atoms with Crippen LogP contribution < -0.4 is 10.2 Å². The third-order valence-corrected chi connectivity index (χ3v) is 5.50. The number of amides is 1. The average Bonchev–Trinajstić information content (AvgIpc) is 2.78. The minimum atomic E-state index is -0.604. The first-order chi connectivity index (χ1) is 15.3. The average molecular weight is 440 g/mol. The van der Waals surface area contributed by atoms with Crippen molar-refractivity contribution in [1.82, 2.24) is 4.90 Å². The van der Waals surface area contributed by atoms with Gasteiger partial charge in [-0.15, -0.1) is 0 Å². The van der Waals surface area contributed by atoms with Crippen molar-refractivity contribution in [3.63, 3.8) is 0 Å². The second kappa shape index (κ2) is 10.3. The molecule has 3 rings (SSSR count). The SMILES string of the molecule is COC(=O)c1cc(NC(=O)CN2CCN(c3ccc(C)cc3)C(C)C2)cc(C(=O)OC)c1. The van der Waals surface area contributed by atoms with E-state index in [1.54, 1.807) is 0 Å². The van der Waals surface area contributed by atoms with E-state index in [9.17, 15) is 14.4 Å². The molecule has 1 heterocycles. The third kappa shape index (κ3) is 5.64. The van der Waals surface area contributed by atoms with E-state index < -0.39 is 11.9 Å². The second-order valence-corrected chi connectivity index (χ2v) is 7.94. The lowest BCUT2D eigenvalue weighted by Crippen LogP contribution is -2.53. The summed E-state index contributed by atoms with van der Waals surface area (Å²) < 4.78 is 9.47. The Hall–Kier alpha value is -3.39. The number of carbonyl (C=O) groups excluding carboxylic acids is 3. The number of nitrogens with zero attached hydrogens (tertiary/aromatic N) is 2. The number of methoxy groups -OCH3 is 2. The van der Waals surface area contributed by atoms with Crippen molar-refractivity contribution in [3.05, 3.63) is 59.2 Å². The normalized spacial score (nSPS) is 16.4. The lowest BCUT2D eigenvalue weighted by atomic mass is 10.1. The molecule has 8 heteroatoms. The molecule has 1 amide bonds. The molecule has 1 fully saturated rings. The molecular formula is C24H29N3O5. The zero-order chi connectivity index (χ0) is 23.3. The highest BCUT2D eigenvalue weighted by Crippen LogP contribution is 2.21. The fraction of sp³-hybridized carbons (Fsp3) is 0.375. The number of aryl methyl sites for hydroxylation is 1. The fourth-order valence-electron chi connectivity index (χ4n) is 3.87. The Balaban J connectivity index is 1.64. The van der Waals surface area contributed by atoms with Gasteiger partial charge in [0.2, 0.25) is 5.91 Å². The predicted molar refractivity (Wildman–Crippen MR) is 122 cm³/mol. The van der Waals surface area contributed by atoms with E-state index in [0.717, 1.165) is 19.6 Å². The van der Waals surface area contributed by atoms with Gasteiger partial charge >= 0.3 is 11.9 Å². The van der Waals surface area contributed by atoms with Crippen LogP contribution in [-0.4, -0.2) is 69.2 Å². The number of rotatable bonds is 6. The van der Waals surface area contributed by atoms with Crippen molar-refractivity contribution >= 4 is 29.2 Å². The zero-order valence-electron chi connectivity index (χ0n) is 18.9. The Morgan fingerprint density at radius 2 is 1.56 bits per heavy atom. The molecule has 1 aliphatic heterocycles. The highest BCUT2D eigenvalue weighted by molar-refractivity contribution is 5.99. The summed E-state index contributed by atoms with van der Waals surface area (Å²) in [4.78, 5) is 41.0. The molecule has 1 unspecified atom stereocenters. The fourth-order valence-corrected chi connectivity index (χ4v) is 3.87. The Labute approximate surface area is 188 Å². The number of carbonyl (C=O) groups is 3. The molecule has 2 aromatic carbocycles. The summed E-state index contributed by atoms with van der Waals surface area (Å²) in [5, 5.41) is 2.78. The topological polar surface area (TPSA) is 88.2 Å². The van der Waals surface area contributed by atoms with Gasteiger partial charge in [0.1, 0.15) is 0 Å². The molecule has 0 bridgehead atoms. The first-order valence-corrected chi connectivity index (χ1v) is 10.5. The summed E-state index contributed by atoms with van der Waals surface area (Å²) >= 11 is 0. The van der Waals surface area contributed by atoms with Crippen LogP contribution in [0.15, 0.2) is 42.5 Å². The molecule has 1 N–H and O–H groups in total. The lowest BCUT2D eigenvalue weighted by Gasteiger charge is -2.41. The molecule has 1 aliphatic rings. The number of piperazine rings is 1. The van der Waals surface area contributed by atoms with E-state index in [1.165, 1.54) is 43.7 Å². The maximum atomic E-state index is 12.7. The van der Waals surface area contributed by atoms with Crippen LogP contribution in [0.4, 0.5) is 11.4 Å². The lowest BCUT2D eigenvalue weighted by molar-refractivity contribution is -0.117. The van der Waals surface area contributed by atoms with Crippen LogP contribution in [0.25, 0.3) is 0 Å². The van der Waals surface area contributed by atoms with Crippen LogP contribution in [0.3, 0.4) is 0 Å². The Kier molecular flexibility index (Phi) is 7.48. The van der Waals surface area contributed by atoms with Gasteiger partial charge in [-0.2, -0.15) is 0 Å². The van der Waals surface area contributed by atoms with Crippen molar-refractivity contribution < 1.29 is 23.9 Å². The largest absolute Gasteiger partial charge is 0.465 e. The highest BCUT2D eigenvalue weighted by atomic mass is 16.5. The smallest absolute Gasteiger partial charge is 0.337 e. The first-order valence-electron chi connectivity index (χ1n) is 10.5. The zero-order valence-corrected chi connectivity index (χ0v) is 18.9. The Bertz CT molecular complexity index is 955. The van der Waals surface area contributed by atoms with Crippen LogP contribution in [0, 0.1) is 6.92 Å². The van der Waals surface area contributed by atoms with Crippen LogP contribution in [0.2, 0.25) is 0 Å². The minimum Gasteiger partial charge on any atom is -0.465 e. The van der Waals surface area contributed by atoms with Gasteiger partial charge in [0.05, 0.1) is 31.9 Å². The van der Waals surface area contributed by atoms with Gasteiger partial charge in [-0.1, -0.05) is 17.7 Å². The minimum absolute atomic E-state index is 0.158. The van der Waals surface area contributed by atoms with Gasteiger partial charge in [-0.25, -0.2) is 9.59 Å². The van der Waals surface area contributed by atoms with Gasteiger partial charge in [-0.05, 0) is 44.2 Å². The molecule has 170 valence electrons. The molecule has 2 aromatic rings. The Morgan fingerprint density at radius 3 is 2.09 bits per heavy atom. The van der Waals surface area contributed by atoms with Gasteiger partial charge < -0.3 is 19.7 Å². The second-order valence-electron chi connectivity index (χ2n) is 7.94. The van der Waals surface area contributed by atoms with E-state index in [2.05, 4.69) is 53.2 Å². The highest BCUT2D eigenvalue weighted by Gasteiger charge is 2.25. The maximum Gasteiger partial charge on any atom is 0.337 e. The molecular weight excluding hydrogens is 410 g/mol. The monoisotopic (exact) mass is 439 g/mol. The third-order valence-electron chi connectivity index (χ3n) is 5.50. The summed E-state index contributed by atoms with van der Waals surface area (Å²) in [6.45, 7) is 6.74. The van der Waals surface area contributed by atoms with Gasteiger partial charge in [0, 0.05) is 37.1 Å². The maximum absolute atomic E-state index is 12.7. The molecule has 1 atom stereocenters. The number of nitrogens with one attached hydrogen (secondary N) is 1. The summed E-state index contributed by atoms with van der Waals surface area (Å²) in [5.74, 6) is -1.43. The van der Waals surface area contributed by atoms with Crippen molar-refractivity contribution in [2.24, 2.45) is 0 Å². The summed E-state index contributed by atoms with van der Waals surface area (Å²) in [5.41, 5.74) is 3.06. The quantitative estimate of drug-likeness (QED) is 0.693. The van der Waals surface area contributed by atoms with Crippen molar-refractivity contribution in [2.75, 3.05) is 50.6 Å². The first kappa shape index (κ1) is 23.3. The van der Waals surface area contributed by atoms with Crippen molar-refractivity contribution in [3.8, 4) is 0 Å². The molecule has 0 radical (unpaired) electrons. The van der Waals surface area contributed by atoms with E-state index in [-0.39, 0.29) is 29.6 Å². The molecule has 0 aliphatic carbocycles. The number of hydrogen-bond acceptors (Lipinski definition) is 7. The van der Waals surface area contributed by atoms with Gasteiger partial charge in [0.25, 0.3) is 0 Å². The predicted octanol–water partition coefficient (Wildman–Crippen LogP) is 2.72. The number of ether oxygens (including phenoxy) is 2. The van der Waals surface area contributed by atoms with Crippen LogP contribution >= 0.6 is 0 Å². The van der Waals surface area contributed by atoms with Crippen molar-refractivity contribution in [2.45, 2.75) is 19.9 Å². The standard InChI is InChI=1S/C24H29N3O5/c1-16-5-7-21(8-6-16)27-10-9-26(14-17(27)2)15-22(28)25-20-12-18(23(29)31-3)11-19(13-20)24(30)32-4/h5-8,11-13,17H,9-10,14-15H2,1-4H3,(H,25,28). The van der Waals surface area contributed by atoms with Crippen LogP contribution in [0.1, 0.15) is 33.2 Å². The van der Waals surface area contributed by atoms with E-state index in [0.29, 0.717) is 5.69 Å². The molecule has 32 heavy (non-hydrogen) atoms. The van der Waals surface area contributed by atoms with E-state index in [1.807, 2.05) is 0 Å². The summed E-state index contributed by atoms with van der Waals surface area (Å²) in [7, 11) is 2.51. The molecule has 0 saturated carbocycles. The molecule has 1 saturated heterocycles. The number of hydrogen-bond donors (Lipinski definition) is 1. The molecule has 0 spiro atoms. The molecule has 0 aromatic heterocycles. The Morgan fingerprint density at radius 1 is 0.969 bits per heavy atom. The van der Waals surface area contributed by atoms with Crippen molar-refractivity contribution in [1.29, 1.82) is 0 Å². The van der Waals surface area contributed by atoms with Gasteiger partial charge in [0.15, 0.2) is 0 Å². The van der Waals surface area contributed by atoms with E-state index in [4.69, 9.17) is 9.47 Å². The number of anilines is 2. The van der Waals surface area contributed by atoms with Crippen LogP contribution in [0.5, 0.6) is 0 Å². The van der Waals surface area contributed by atoms with E-state index >= 15 is 0 Å².